The number of rotatable bonds is 5. The van der Waals surface area contributed by atoms with Gasteiger partial charge < -0.3 is 0 Å². The maximum Gasteiger partial charge on any atom is 0.144 e. The molecule has 4 heteroatoms. The first kappa shape index (κ1) is 15.7. The van der Waals surface area contributed by atoms with Gasteiger partial charge in [-0.25, -0.2) is 4.21 Å². The van der Waals surface area contributed by atoms with E-state index in [0.717, 1.165) is 24.3 Å². The maximum atomic E-state index is 12.3. The second kappa shape index (κ2) is 5.98. The van der Waals surface area contributed by atoms with E-state index in [4.69, 9.17) is 11.6 Å². The van der Waals surface area contributed by atoms with E-state index < -0.39 is 11.0 Å². The Labute approximate surface area is 129 Å². The van der Waals surface area contributed by atoms with Crippen LogP contribution >= 0.6 is 11.6 Å². The van der Waals surface area contributed by atoms with Crippen LogP contribution in [0.2, 0.25) is 5.02 Å². The second-order valence-corrected chi connectivity index (χ2v) is 8.36. The van der Waals surface area contributed by atoms with Crippen LogP contribution in [0.3, 0.4) is 0 Å². The Morgan fingerprint density at radius 2 is 1.95 bits per heavy atom. The Hall–Kier alpha value is -0.670. The van der Waals surface area contributed by atoms with E-state index in [1.54, 1.807) is 0 Å². The Morgan fingerprint density at radius 1 is 1.35 bits per heavy atom. The molecule has 1 aliphatic rings. The van der Waals surface area contributed by atoms with Crippen LogP contribution in [0.5, 0.6) is 0 Å². The first-order valence-corrected chi connectivity index (χ1v) is 8.61. The van der Waals surface area contributed by atoms with Crippen molar-refractivity contribution < 1.29 is 4.21 Å². The van der Waals surface area contributed by atoms with Gasteiger partial charge in [0.15, 0.2) is 0 Å². The predicted molar refractivity (Wildman–Crippen MR) is 88.0 cm³/mol. The lowest BCUT2D eigenvalue weighted by Gasteiger charge is -2.39. The zero-order chi connectivity index (χ0) is 14.8. The third kappa shape index (κ3) is 3.15. The lowest BCUT2D eigenvalue weighted by molar-refractivity contribution is 0.348. The second-order valence-electron chi connectivity index (χ2n) is 6.11. The van der Waals surface area contributed by atoms with Gasteiger partial charge in [-0.05, 0) is 50.8 Å². The van der Waals surface area contributed by atoms with E-state index in [0.29, 0.717) is 0 Å². The van der Waals surface area contributed by atoms with Crippen LogP contribution in [0, 0.1) is 0 Å². The van der Waals surface area contributed by atoms with E-state index in [2.05, 4.69) is 16.5 Å². The van der Waals surface area contributed by atoms with Gasteiger partial charge >= 0.3 is 0 Å². The summed E-state index contributed by atoms with van der Waals surface area (Å²) in [5, 5.41) is 0.746. The fourth-order valence-electron chi connectivity index (χ4n) is 2.25. The van der Waals surface area contributed by atoms with Gasteiger partial charge in [0.25, 0.3) is 0 Å². The van der Waals surface area contributed by atoms with Crippen molar-refractivity contribution in [2.75, 3.05) is 0 Å². The van der Waals surface area contributed by atoms with Gasteiger partial charge in [0, 0.05) is 16.7 Å². The SMILES string of the molecule is CCC(C)(C)S(=O)/N=C/C1(c2ccc(Cl)cc2)CCC1. The van der Waals surface area contributed by atoms with E-state index in [1.807, 2.05) is 39.1 Å². The fourth-order valence-corrected chi connectivity index (χ4v) is 3.20. The van der Waals surface area contributed by atoms with Gasteiger partial charge in [-0.15, -0.1) is 0 Å². The molecule has 1 aliphatic carbocycles. The number of halogens is 1. The van der Waals surface area contributed by atoms with Crippen molar-refractivity contribution in [2.24, 2.45) is 4.40 Å². The summed E-state index contributed by atoms with van der Waals surface area (Å²) in [7, 11) is -1.18. The standard InChI is InChI=1S/C16H22ClNOS/c1-4-15(2,3)20(19)18-12-16(10-5-11-16)13-6-8-14(17)9-7-13/h6-9,12H,4-5,10-11H2,1-3H3/b18-12+. The molecular weight excluding hydrogens is 290 g/mol. The van der Waals surface area contributed by atoms with Crippen LogP contribution in [-0.2, 0) is 16.4 Å². The van der Waals surface area contributed by atoms with Gasteiger partial charge in [0.1, 0.15) is 11.0 Å². The monoisotopic (exact) mass is 311 g/mol. The van der Waals surface area contributed by atoms with Crippen LogP contribution in [0.1, 0.15) is 52.0 Å². The molecular formula is C16H22ClNOS. The number of nitrogens with zero attached hydrogens (tertiary/aromatic N) is 1. The third-order valence-corrected chi connectivity index (χ3v) is 6.17. The molecule has 0 bridgehead atoms. The molecule has 1 aromatic rings. The van der Waals surface area contributed by atoms with Gasteiger partial charge in [0.2, 0.25) is 0 Å². The molecule has 1 unspecified atom stereocenters. The fraction of sp³-hybridized carbons (Fsp3) is 0.562. The molecule has 20 heavy (non-hydrogen) atoms. The minimum atomic E-state index is -1.18. The largest absolute Gasteiger partial charge is 0.234 e. The molecule has 0 amide bonds. The summed E-state index contributed by atoms with van der Waals surface area (Å²) in [6.45, 7) is 6.04. The van der Waals surface area contributed by atoms with Gasteiger partial charge in [-0.2, -0.15) is 4.40 Å². The number of hydrogen-bond acceptors (Lipinski definition) is 1. The minimum absolute atomic E-state index is 0.0376. The Morgan fingerprint density at radius 3 is 2.40 bits per heavy atom. The van der Waals surface area contributed by atoms with E-state index in [1.165, 1.54) is 12.0 Å². The van der Waals surface area contributed by atoms with E-state index >= 15 is 0 Å². The Kier molecular flexibility index (Phi) is 4.70. The van der Waals surface area contributed by atoms with Crippen LogP contribution in [0.25, 0.3) is 0 Å². The molecule has 0 spiro atoms. The zero-order valence-corrected chi connectivity index (χ0v) is 13.9. The molecule has 1 aromatic carbocycles. The van der Waals surface area contributed by atoms with Crippen LogP contribution in [-0.4, -0.2) is 15.2 Å². The summed E-state index contributed by atoms with van der Waals surface area (Å²) in [5.41, 5.74) is 1.19. The minimum Gasteiger partial charge on any atom is -0.234 e. The Balaban J connectivity index is 2.20. The van der Waals surface area contributed by atoms with Crippen molar-refractivity contribution in [3.63, 3.8) is 0 Å². The molecule has 1 atom stereocenters. The summed E-state index contributed by atoms with van der Waals surface area (Å²) in [5.74, 6) is 0. The molecule has 0 aliphatic heterocycles. The summed E-state index contributed by atoms with van der Waals surface area (Å²) in [4.78, 5) is 0. The van der Waals surface area contributed by atoms with Gasteiger partial charge in [-0.3, -0.25) is 0 Å². The van der Waals surface area contributed by atoms with Crippen molar-refractivity contribution in [2.45, 2.75) is 56.6 Å². The van der Waals surface area contributed by atoms with E-state index in [-0.39, 0.29) is 10.2 Å². The van der Waals surface area contributed by atoms with E-state index in [9.17, 15) is 4.21 Å². The molecule has 110 valence electrons. The smallest absolute Gasteiger partial charge is 0.144 e. The Bertz CT molecular complexity index is 518. The molecule has 0 heterocycles. The van der Waals surface area contributed by atoms with Crippen molar-refractivity contribution >= 4 is 28.8 Å². The third-order valence-electron chi connectivity index (χ3n) is 4.38. The van der Waals surface area contributed by atoms with Crippen molar-refractivity contribution in [3.8, 4) is 0 Å². The van der Waals surface area contributed by atoms with Crippen LogP contribution in [0.4, 0.5) is 0 Å². The van der Waals surface area contributed by atoms with Gasteiger partial charge in [-0.1, -0.05) is 37.1 Å². The topological polar surface area (TPSA) is 29.4 Å². The van der Waals surface area contributed by atoms with Crippen LogP contribution < -0.4 is 0 Å². The average Bonchev–Trinajstić information content (AvgIpc) is 2.39. The molecule has 0 aromatic heterocycles. The van der Waals surface area contributed by atoms with Crippen molar-refractivity contribution in [1.29, 1.82) is 0 Å². The molecule has 0 radical (unpaired) electrons. The molecule has 0 saturated heterocycles. The molecule has 1 fully saturated rings. The molecule has 1 saturated carbocycles. The van der Waals surface area contributed by atoms with Crippen molar-refractivity contribution in [3.05, 3.63) is 34.9 Å². The lowest BCUT2D eigenvalue weighted by Crippen LogP contribution is -2.36. The highest BCUT2D eigenvalue weighted by Gasteiger charge is 2.37. The van der Waals surface area contributed by atoms with Gasteiger partial charge in [0.05, 0.1) is 4.75 Å². The predicted octanol–water partition coefficient (Wildman–Crippen LogP) is 4.68. The number of hydrogen-bond donors (Lipinski definition) is 0. The average molecular weight is 312 g/mol. The normalized spacial score (nSPS) is 19.8. The maximum absolute atomic E-state index is 12.3. The molecule has 2 nitrogen and oxygen atoms in total. The summed E-state index contributed by atoms with van der Waals surface area (Å²) < 4.78 is 16.4. The zero-order valence-electron chi connectivity index (χ0n) is 12.4. The first-order valence-electron chi connectivity index (χ1n) is 7.13. The molecule has 0 N–H and O–H groups in total. The first-order chi connectivity index (χ1) is 9.39. The summed E-state index contributed by atoms with van der Waals surface area (Å²) in [6.07, 6.45) is 6.11. The highest BCUT2D eigenvalue weighted by Crippen LogP contribution is 2.42. The highest BCUT2D eigenvalue weighted by molar-refractivity contribution is 7.85. The summed E-state index contributed by atoms with van der Waals surface area (Å²) in [6, 6.07) is 7.94. The van der Waals surface area contributed by atoms with Crippen LogP contribution in [0.15, 0.2) is 28.7 Å². The quantitative estimate of drug-likeness (QED) is 0.726. The lowest BCUT2D eigenvalue weighted by atomic mass is 9.65. The molecule has 2 rings (SSSR count). The highest BCUT2D eigenvalue weighted by atomic mass is 35.5. The summed E-state index contributed by atoms with van der Waals surface area (Å²) >= 11 is 5.95. The van der Waals surface area contributed by atoms with Crippen molar-refractivity contribution in [1.82, 2.24) is 0 Å². The number of benzene rings is 1.